The number of carbonyl (C=O) groups excluding carboxylic acids is 1. The van der Waals surface area contributed by atoms with Gasteiger partial charge in [-0.1, -0.05) is 0 Å². The molecule has 0 saturated carbocycles. The van der Waals surface area contributed by atoms with Crippen molar-refractivity contribution < 1.29 is 26.4 Å². The molecule has 2 rings (SSSR count). The molecule has 0 unspecified atom stereocenters. The van der Waals surface area contributed by atoms with E-state index in [4.69, 9.17) is 0 Å². The summed E-state index contributed by atoms with van der Waals surface area (Å²) in [7, 11) is -3.05. The zero-order chi connectivity index (χ0) is 11.5. The summed E-state index contributed by atoms with van der Waals surface area (Å²) in [6, 6.07) is 0. The number of alkyl halides is 3. The maximum Gasteiger partial charge on any atom is 0.471 e. The van der Waals surface area contributed by atoms with E-state index >= 15 is 0 Å². The monoisotopic (exact) mass is 243 g/mol. The fourth-order valence-electron chi connectivity index (χ4n) is 2.16. The van der Waals surface area contributed by atoms with Crippen molar-refractivity contribution in [1.29, 1.82) is 0 Å². The molecule has 0 atom stereocenters. The molecule has 0 aliphatic carbocycles. The summed E-state index contributed by atoms with van der Waals surface area (Å²) in [5.41, 5.74) is -0.584. The summed E-state index contributed by atoms with van der Waals surface area (Å²) < 4.78 is 57.5. The highest BCUT2D eigenvalue weighted by Gasteiger charge is 2.60. The molecule has 8 heteroatoms. The highest BCUT2D eigenvalue weighted by atomic mass is 32.2. The maximum atomic E-state index is 11.9. The first-order chi connectivity index (χ1) is 6.64. The Bertz CT molecular complexity index is 394. The van der Waals surface area contributed by atoms with E-state index in [0.29, 0.717) is 4.90 Å². The highest BCUT2D eigenvalue weighted by Crippen LogP contribution is 2.42. The minimum absolute atomic E-state index is 0.0927. The standard InChI is InChI=1S/C7H8F3NO3S/c8-7(9,10)5(12)11-1-6(2-11)3-15(13,14)4-6/h1-4H2. The predicted octanol–water partition coefficient (Wildman–Crippen LogP) is -0.194. The van der Waals surface area contributed by atoms with Gasteiger partial charge in [0.15, 0.2) is 9.84 Å². The summed E-state index contributed by atoms with van der Waals surface area (Å²) >= 11 is 0. The lowest BCUT2D eigenvalue weighted by molar-refractivity contribution is -0.195. The Morgan fingerprint density at radius 3 is 2.00 bits per heavy atom. The molecule has 1 spiro atoms. The van der Waals surface area contributed by atoms with Crippen LogP contribution in [0.25, 0.3) is 0 Å². The average molecular weight is 243 g/mol. The van der Waals surface area contributed by atoms with Gasteiger partial charge in [-0.3, -0.25) is 4.79 Å². The van der Waals surface area contributed by atoms with Crippen LogP contribution in [0.15, 0.2) is 0 Å². The molecule has 2 fully saturated rings. The van der Waals surface area contributed by atoms with E-state index in [1.165, 1.54) is 0 Å². The molecule has 0 bridgehead atoms. The molecular weight excluding hydrogens is 235 g/mol. The molecule has 2 aliphatic rings. The van der Waals surface area contributed by atoms with Gasteiger partial charge in [-0.2, -0.15) is 13.2 Å². The molecule has 15 heavy (non-hydrogen) atoms. The average Bonchev–Trinajstić information content (AvgIpc) is 1.91. The lowest BCUT2D eigenvalue weighted by Crippen LogP contribution is -2.70. The van der Waals surface area contributed by atoms with E-state index in [2.05, 4.69) is 0 Å². The van der Waals surface area contributed by atoms with E-state index in [1.807, 2.05) is 0 Å². The summed E-state index contributed by atoms with van der Waals surface area (Å²) in [4.78, 5) is 11.3. The van der Waals surface area contributed by atoms with Gasteiger partial charge in [0.05, 0.1) is 11.5 Å². The van der Waals surface area contributed by atoms with Crippen molar-refractivity contribution in [2.75, 3.05) is 24.6 Å². The predicted molar refractivity (Wildman–Crippen MR) is 43.7 cm³/mol. The Morgan fingerprint density at radius 1 is 1.20 bits per heavy atom. The third kappa shape index (κ3) is 1.70. The van der Waals surface area contributed by atoms with Gasteiger partial charge in [0.25, 0.3) is 0 Å². The van der Waals surface area contributed by atoms with Gasteiger partial charge >= 0.3 is 12.1 Å². The highest BCUT2D eigenvalue weighted by molar-refractivity contribution is 7.92. The maximum absolute atomic E-state index is 11.9. The fourth-order valence-corrected chi connectivity index (χ4v) is 4.31. The van der Waals surface area contributed by atoms with Gasteiger partial charge in [0.1, 0.15) is 0 Å². The lowest BCUT2D eigenvalue weighted by Gasteiger charge is -2.54. The number of rotatable bonds is 0. The minimum atomic E-state index is -4.86. The number of likely N-dealkylation sites (tertiary alicyclic amines) is 1. The van der Waals surface area contributed by atoms with Crippen LogP contribution in [0.2, 0.25) is 0 Å². The smallest absolute Gasteiger partial charge is 0.333 e. The van der Waals surface area contributed by atoms with E-state index in [1.54, 1.807) is 0 Å². The fraction of sp³-hybridized carbons (Fsp3) is 0.857. The first kappa shape index (κ1) is 10.7. The molecule has 0 aromatic rings. The van der Waals surface area contributed by atoms with Crippen LogP contribution in [0.5, 0.6) is 0 Å². The second-order valence-corrected chi connectivity index (χ2v) is 6.26. The van der Waals surface area contributed by atoms with Crippen molar-refractivity contribution in [3.05, 3.63) is 0 Å². The van der Waals surface area contributed by atoms with Gasteiger partial charge in [0.2, 0.25) is 0 Å². The quantitative estimate of drug-likeness (QED) is 0.592. The molecule has 2 heterocycles. The Kier molecular flexibility index (Phi) is 1.90. The van der Waals surface area contributed by atoms with Crippen LogP contribution < -0.4 is 0 Å². The first-order valence-electron chi connectivity index (χ1n) is 4.20. The number of hydrogen-bond donors (Lipinski definition) is 0. The van der Waals surface area contributed by atoms with Crippen molar-refractivity contribution >= 4 is 15.7 Å². The zero-order valence-electron chi connectivity index (χ0n) is 7.54. The van der Waals surface area contributed by atoms with Crippen molar-refractivity contribution in [2.45, 2.75) is 6.18 Å². The number of hydrogen-bond acceptors (Lipinski definition) is 3. The summed E-state index contributed by atoms with van der Waals surface area (Å²) in [6.45, 7) is -0.185. The van der Waals surface area contributed by atoms with E-state index in [-0.39, 0.29) is 24.6 Å². The Hall–Kier alpha value is -0.790. The number of amides is 1. The van der Waals surface area contributed by atoms with Crippen LogP contribution in [0.1, 0.15) is 0 Å². The summed E-state index contributed by atoms with van der Waals surface area (Å²) in [6.07, 6.45) is -4.86. The molecular formula is C7H8F3NO3S. The Morgan fingerprint density at radius 2 is 1.67 bits per heavy atom. The molecule has 4 nitrogen and oxygen atoms in total. The van der Waals surface area contributed by atoms with Crippen LogP contribution in [0.3, 0.4) is 0 Å². The van der Waals surface area contributed by atoms with Crippen molar-refractivity contribution in [1.82, 2.24) is 4.90 Å². The molecule has 2 aliphatic heterocycles. The Balaban J connectivity index is 1.93. The zero-order valence-corrected chi connectivity index (χ0v) is 8.36. The third-order valence-electron chi connectivity index (χ3n) is 2.63. The number of nitrogens with zero attached hydrogens (tertiary/aromatic N) is 1. The molecule has 1 amide bonds. The van der Waals surface area contributed by atoms with Gasteiger partial charge < -0.3 is 4.90 Å². The minimum Gasteiger partial charge on any atom is -0.333 e. The van der Waals surface area contributed by atoms with Gasteiger partial charge in [-0.05, 0) is 0 Å². The van der Waals surface area contributed by atoms with Crippen LogP contribution in [-0.2, 0) is 14.6 Å². The van der Waals surface area contributed by atoms with Crippen LogP contribution >= 0.6 is 0 Å². The van der Waals surface area contributed by atoms with Crippen LogP contribution in [0, 0.1) is 5.41 Å². The number of carbonyl (C=O) groups is 1. The Labute approximate surface area is 84.0 Å². The van der Waals surface area contributed by atoms with Crippen molar-refractivity contribution in [3.8, 4) is 0 Å². The third-order valence-corrected chi connectivity index (χ3v) is 4.74. The first-order valence-corrected chi connectivity index (χ1v) is 6.02. The summed E-state index contributed by atoms with van der Waals surface area (Å²) in [5, 5.41) is 0. The van der Waals surface area contributed by atoms with E-state index < -0.39 is 27.3 Å². The largest absolute Gasteiger partial charge is 0.471 e. The summed E-state index contributed by atoms with van der Waals surface area (Å²) in [5.74, 6) is -2.07. The van der Waals surface area contributed by atoms with Gasteiger partial charge in [-0.25, -0.2) is 8.42 Å². The molecule has 86 valence electrons. The topological polar surface area (TPSA) is 54.5 Å². The normalized spacial score (nSPS) is 27.0. The van der Waals surface area contributed by atoms with Gasteiger partial charge in [-0.15, -0.1) is 0 Å². The molecule has 0 aromatic carbocycles. The van der Waals surface area contributed by atoms with Crippen molar-refractivity contribution in [3.63, 3.8) is 0 Å². The molecule has 0 aromatic heterocycles. The van der Waals surface area contributed by atoms with Gasteiger partial charge in [0, 0.05) is 18.5 Å². The number of sulfone groups is 1. The molecule has 2 saturated heterocycles. The van der Waals surface area contributed by atoms with Crippen LogP contribution in [-0.4, -0.2) is 50.0 Å². The second-order valence-electron chi connectivity index (χ2n) is 4.19. The second kappa shape index (κ2) is 2.66. The molecule has 0 radical (unpaired) electrons. The SMILES string of the molecule is O=C(N1CC2(C1)CS(=O)(=O)C2)C(F)(F)F. The van der Waals surface area contributed by atoms with E-state index in [0.717, 1.165) is 0 Å². The number of halogens is 3. The van der Waals surface area contributed by atoms with E-state index in [9.17, 15) is 26.4 Å². The van der Waals surface area contributed by atoms with Crippen molar-refractivity contribution in [2.24, 2.45) is 5.41 Å². The molecule has 0 N–H and O–H groups in total. The van der Waals surface area contributed by atoms with Crippen LogP contribution in [0.4, 0.5) is 13.2 Å². The lowest BCUT2D eigenvalue weighted by atomic mass is 9.83.